The Bertz CT molecular complexity index is 540. The first-order chi connectivity index (χ1) is 12.9. The van der Waals surface area contributed by atoms with Crippen molar-refractivity contribution in [3.8, 4) is 0 Å². The Balaban J connectivity index is 2.89. The van der Waals surface area contributed by atoms with Gasteiger partial charge in [-0.1, -0.05) is 63.7 Å². The van der Waals surface area contributed by atoms with Gasteiger partial charge >= 0.3 is 17.9 Å². The molecule has 11 heteroatoms. The molecular formula is C17H25Br4NO6. The third-order valence-electron chi connectivity index (χ3n) is 4.59. The molecule has 1 saturated heterocycles. The Kier molecular flexibility index (Phi) is 10.9. The molecule has 0 aromatic carbocycles. The van der Waals surface area contributed by atoms with Gasteiger partial charge in [0, 0.05) is 5.92 Å². The van der Waals surface area contributed by atoms with Crippen LogP contribution in [0.4, 0.5) is 0 Å². The summed E-state index contributed by atoms with van der Waals surface area (Å²) < 4.78 is 14.8. The molecule has 0 amide bonds. The molecule has 7 nitrogen and oxygen atoms in total. The van der Waals surface area contributed by atoms with E-state index in [0.717, 1.165) is 25.9 Å². The number of halogens is 4. The van der Waals surface area contributed by atoms with E-state index in [2.05, 4.69) is 69.0 Å². The zero-order valence-corrected chi connectivity index (χ0v) is 22.3. The van der Waals surface area contributed by atoms with Crippen molar-refractivity contribution in [2.45, 2.75) is 46.7 Å². The smallest absolute Gasteiger partial charge is 0.330 e. The Labute approximate surface area is 198 Å². The summed E-state index contributed by atoms with van der Waals surface area (Å²) in [5, 5.41) is 3.28. The lowest BCUT2D eigenvalue weighted by molar-refractivity contribution is -0.184. The van der Waals surface area contributed by atoms with Gasteiger partial charge in [0.2, 0.25) is 0 Å². The van der Waals surface area contributed by atoms with Crippen molar-refractivity contribution in [2.24, 2.45) is 11.3 Å². The minimum absolute atomic E-state index is 0.205. The van der Waals surface area contributed by atoms with Gasteiger partial charge < -0.3 is 19.5 Å². The van der Waals surface area contributed by atoms with E-state index < -0.39 is 36.4 Å². The number of alkyl halides is 4. The van der Waals surface area contributed by atoms with E-state index in [1.165, 1.54) is 0 Å². The molecule has 28 heavy (non-hydrogen) atoms. The van der Waals surface area contributed by atoms with Gasteiger partial charge in [0.05, 0.1) is 0 Å². The van der Waals surface area contributed by atoms with E-state index in [-0.39, 0.29) is 19.1 Å². The number of carbonyl (C=O) groups excluding carboxylic acids is 3. The number of nitrogens with one attached hydrogen (secondary N) is 1. The minimum atomic E-state index is -1.35. The van der Waals surface area contributed by atoms with Gasteiger partial charge in [-0.3, -0.25) is 4.79 Å². The van der Waals surface area contributed by atoms with Crippen molar-refractivity contribution >= 4 is 81.6 Å². The third kappa shape index (κ3) is 8.20. The summed E-state index contributed by atoms with van der Waals surface area (Å²) in [5.41, 5.74) is -2.05. The summed E-state index contributed by atoms with van der Waals surface area (Å²) >= 11 is 12.2. The second-order valence-electron chi connectivity index (χ2n) is 7.39. The fourth-order valence-corrected chi connectivity index (χ4v) is 3.24. The number of carbonyl (C=O) groups is 3. The molecule has 0 saturated carbocycles. The molecule has 1 fully saturated rings. The Morgan fingerprint density at radius 2 is 1.36 bits per heavy atom. The molecule has 0 radical (unpaired) electrons. The van der Waals surface area contributed by atoms with E-state index in [0.29, 0.717) is 0 Å². The lowest BCUT2D eigenvalue weighted by atomic mass is 9.83. The summed E-state index contributed by atoms with van der Waals surface area (Å²) in [6.07, 6.45) is 1.79. The largest absolute Gasteiger partial charge is 0.463 e. The first-order valence-electron chi connectivity index (χ1n) is 8.73. The van der Waals surface area contributed by atoms with Crippen molar-refractivity contribution in [1.82, 2.24) is 5.32 Å². The van der Waals surface area contributed by atoms with Crippen LogP contribution >= 0.6 is 63.7 Å². The third-order valence-corrected chi connectivity index (χ3v) is 6.09. The molecule has 0 spiro atoms. The predicted molar refractivity (Wildman–Crippen MR) is 119 cm³/mol. The first kappa shape index (κ1) is 26.3. The van der Waals surface area contributed by atoms with Crippen molar-refractivity contribution in [3.63, 3.8) is 0 Å². The van der Waals surface area contributed by atoms with Crippen LogP contribution in [0.15, 0.2) is 0 Å². The summed E-state index contributed by atoms with van der Waals surface area (Å²) in [6, 6.07) is 0. The van der Waals surface area contributed by atoms with E-state index in [4.69, 9.17) is 14.2 Å². The number of esters is 3. The maximum atomic E-state index is 13.0. The molecule has 1 aliphatic heterocycles. The van der Waals surface area contributed by atoms with Crippen LogP contribution in [-0.4, -0.2) is 57.3 Å². The van der Waals surface area contributed by atoms with Crippen molar-refractivity contribution in [2.75, 3.05) is 26.3 Å². The minimum Gasteiger partial charge on any atom is -0.463 e. The van der Waals surface area contributed by atoms with Crippen LogP contribution in [0, 0.1) is 11.3 Å². The molecule has 0 aromatic rings. The van der Waals surface area contributed by atoms with Crippen LogP contribution in [0.3, 0.4) is 0 Å². The molecule has 0 atom stereocenters. The van der Waals surface area contributed by atoms with E-state index in [1.807, 2.05) is 13.8 Å². The maximum Gasteiger partial charge on any atom is 0.330 e. The summed E-state index contributed by atoms with van der Waals surface area (Å²) in [6.45, 7) is 6.45. The van der Waals surface area contributed by atoms with Gasteiger partial charge in [0.1, 0.15) is 24.2 Å². The zero-order chi connectivity index (χ0) is 21.5. The topological polar surface area (TPSA) is 90.9 Å². The molecule has 162 valence electrons. The molecular weight excluding hydrogens is 634 g/mol. The van der Waals surface area contributed by atoms with Gasteiger partial charge in [0.25, 0.3) is 0 Å². The van der Waals surface area contributed by atoms with Crippen molar-refractivity contribution in [1.29, 1.82) is 0 Å². The number of hydrogen-bond acceptors (Lipinski definition) is 7. The van der Waals surface area contributed by atoms with Crippen LogP contribution in [0.25, 0.3) is 0 Å². The molecule has 0 aliphatic carbocycles. The quantitative estimate of drug-likeness (QED) is 0.230. The Hall–Kier alpha value is 0.290. The van der Waals surface area contributed by atoms with Crippen molar-refractivity contribution < 1.29 is 28.6 Å². The van der Waals surface area contributed by atoms with Crippen LogP contribution < -0.4 is 5.32 Å². The van der Waals surface area contributed by atoms with E-state index in [1.54, 1.807) is 6.92 Å². The van der Waals surface area contributed by atoms with Gasteiger partial charge in [0.15, 0.2) is 7.47 Å². The van der Waals surface area contributed by atoms with Crippen LogP contribution in [0.5, 0.6) is 0 Å². The van der Waals surface area contributed by atoms with E-state index in [9.17, 15) is 14.4 Å². The molecule has 1 rings (SSSR count). The Morgan fingerprint density at radius 3 is 1.75 bits per heavy atom. The average molecular weight is 659 g/mol. The molecule has 0 unspecified atom stereocenters. The molecule has 0 aromatic heterocycles. The van der Waals surface area contributed by atoms with Crippen LogP contribution in [0.2, 0.25) is 0 Å². The van der Waals surface area contributed by atoms with Gasteiger partial charge in [-0.25, -0.2) is 9.59 Å². The fourth-order valence-electron chi connectivity index (χ4n) is 2.71. The molecule has 1 aliphatic rings. The number of ether oxygens (including phenoxy) is 3. The van der Waals surface area contributed by atoms with Gasteiger partial charge in [-0.15, -0.1) is 0 Å². The Morgan fingerprint density at radius 1 is 0.929 bits per heavy atom. The summed E-state index contributed by atoms with van der Waals surface area (Å²) in [5.74, 6) is -1.57. The predicted octanol–water partition coefficient (Wildman–Crippen LogP) is 3.63. The number of rotatable bonds is 9. The lowest BCUT2D eigenvalue weighted by Gasteiger charge is -2.39. The second-order valence-corrected chi connectivity index (χ2v) is 13.5. The van der Waals surface area contributed by atoms with E-state index >= 15 is 0 Å². The highest BCUT2D eigenvalue weighted by Gasteiger charge is 2.44. The van der Waals surface area contributed by atoms with Crippen LogP contribution in [0.1, 0.15) is 33.6 Å². The summed E-state index contributed by atoms with van der Waals surface area (Å²) in [4.78, 5) is 36.6. The van der Waals surface area contributed by atoms with Gasteiger partial charge in [-0.2, -0.15) is 0 Å². The highest BCUT2D eigenvalue weighted by molar-refractivity contribution is 9.25. The monoisotopic (exact) mass is 655 g/mol. The lowest BCUT2D eigenvalue weighted by Crippen LogP contribution is -2.48. The SMILES string of the molecule is CC(COC(=O)C(Br)Br)(COC(=O)C(Br)Br)C(=O)OC(C)(C)C1CCNCC1. The maximum absolute atomic E-state index is 13.0. The summed E-state index contributed by atoms with van der Waals surface area (Å²) in [7, 11) is 0. The zero-order valence-electron chi connectivity index (χ0n) is 15.9. The van der Waals surface area contributed by atoms with Crippen LogP contribution in [-0.2, 0) is 28.6 Å². The first-order valence-corrected chi connectivity index (χ1v) is 12.4. The highest BCUT2D eigenvalue weighted by atomic mass is 79.9. The molecule has 0 bridgehead atoms. The van der Waals surface area contributed by atoms with Gasteiger partial charge in [-0.05, 0) is 46.7 Å². The average Bonchev–Trinajstić information content (AvgIpc) is 2.64. The highest BCUT2D eigenvalue weighted by Crippen LogP contribution is 2.32. The molecule has 1 heterocycles. The number of hydrogen-bond donors (Lipinski definition) is 1. The normalized spacial score (nSPS) is 16.2. The fraction of sp³-hybridized carbons (Fsp3) is 0.824. The number of piperidine rings is 1. The second kappa shape index (κ2) is 11.6. The van der Waals surface area contributed by atoms with Crippen molar-refractivity contribution in [3.05, 3.63) is 0 Å². The standard InChI is InChI=1S/C17H25Br4NO6/c1-16(2,10-4-6-22-7-5-10)28-15(25)17(3,8-26-13(23)11(18)19)9-27-14(24)12(20)21/h10-12,22H,4-9H2,1-3H3. The molecule has 1 N–H and O–H groups in total.